The van der Waals surface area contributed by atoms with Crippen molar-refractivity contribution in [1.82, 2.24) is 0 Å². The molecule has 5 nitrogen and oxygen atoms in total. The Bertz CT molecular complexity index is 2110. The van der Waals surface area contributed by atoms with Crippen LogP contribution in [0.1, 0.15) is 119 Å². The van der Waals surface area contributed by atoms with E-state index in [2.05, 4.69) is 118 Å². The van der Waals surface area contributed by atoms with Crippen molar-refractivity contribution in [1.29, 1.82) is 0 Å². The van der Waals surface area contributed by atoms with E-state index in [1.54, 1.807) is 0 Å². The number of fused-ring (bicyclic) bond motifs is 8. The van der Waals surface area contributed by atoms with Gasteiger partial charge in [0.05, 0.1) is 26.4 Å². The van der Waals surface area contributed by atoms with Gasteiger partial charge >= 0.3 is 0 Å². The van der Waals surface area contributed by atoms with Gasteiger partial charge in [-0.3, -0.25) is 4.79 Å². The number of ether oxygens (including phenoxy) is 4. The Kier molecular flexibility index (Phi) is 13.8. The minimum absolute atomic E-state index is 0.533. The lowest BCUT2D eigenvalue weighted by Crippen LogP contribution is -2.11. The number of carbonyl (C=O) groups is 1. The van der Waals surface area contributed by atoms with Gasteiger partial charge in [0.15, 0.2) is 0 Å². The van der Waals surface area contributed by atoms with Gasteiger partial charge in [-0.05, 0) is 120 Å². The van der Waals surface area contributed by atoms with Crippen molar-refractivity contribution in [3.8, 4) is 34.1 Å². The van der Waals surface area contributed by atoms with Crippen molar-refractivity contribution in [2.75, 3.05) is 26.4 Å². The fourth-order valence-corrected chi connectivity index (χ4v) is 8.26. The van der Waals surface area contributed by atoms with Gasteiger partial charge in [0.1, 0.15) is 29.3 Å². The second-order valence-corrected chi connectivity index (χ2v) is 15.8. The summed E-state index contributed by atoms with van der Waals surface area (Å²) in [6.45, 7) is 15.2. The van der Waals surface area contributed by atoms with E-state index in [1.165, 1.54) is 16.7 Å². The molecule has 0 atom stereocenters. The zero-order valence-corrected chi connectivity index (χ0v) is 35.0. The number of halogens is 1. The summed E-state index contributed by atoms with van der Waals surface area (Å²) >= 11 is 3.89. The van der Waals surface area contributed by atoms with E-state index < -0.39 is 0 Å². The van der Waals surface area contributed by atoms with Gasteiger partial charge < -0.3 is 18.9 Å². The number of rotatable bonds is 14. The molecule has 0 radical (unpaired) electrons. The molecule has 0 amide bonds. The molecule has 0 fully saturated rings. The van der Waals surface area contributed by atoms with Gasteiger partial charge in [0, 0.05) is 46.8 Å². The Labute approximate surface area is 336 Å². The third-order valence-corrected chi connectivity index (χ3v) is 10.4. The molecule has 0 spiro atoms. The quantitative estimate of drug-likeness (QED) is 0.103. The van der Waals surface area contributed by atoms with Crippen molar-refractivity contribution in [3.63, 3.8) is 0 Å². The predicted octanol–water partition coefficient (Wildman–Crippen LogP) is 12.4. The second kappa shape index (κ2) is 18.9. The fourth-order valence-electron chi connectivity index (χ4n) is 7.71. The monoisotopic (exact) mass is 802 g/mol. The van der Waals surface area contributed by atoms with Crippen molar-refractivity contribution >= 4 is 22.2 Å². The SMILES string of the molecule is CCCOc1c2cccc1Cc1cc(-c3cc(C)cc(C)c3)cc(c1OCCC)Cc1cc(Br)cc(c1OCCC)Cc1cc(C=O)cc(c1OCCC)C2. The minimum atomic E-state index is 0.533. The van der Waals surface area contributed by atoms with Crippen molar-refractivity contribution in [2.45, 2.75) is 92.9 Å². The molecule has 0 saturated heterocycles. The van der Waals surface area contributed by atoms with Gasteiger partial charge in [0.2, 0.25) is 0 Å². The van der Waals surface area contributed by atoms with Crippen LogP contribution < -0.4 is 18.9 Å². The van der Waals surface area contributed by atoms with Crippen LogP contribution in [-0.4, -0.2) is 32.7 Å². The normalized spacial score (nSPS) is 12.3. The smallest absolute Gasteiger partial charge is 0.150 e. The molecule has 8 bridgehead atoms. The molecule has 55 heavy (non-hydrogen) atoms. The Hall–Kier alpha value is -4.55. The third-order valence-electron chi connectivity index (χ3n) is 9.91. The summed E-state index contributed by atoms with van der Waals surface area (Å²) in [6, 6.07) is 26.2. The van der Waals surface area contributed by atoms with Crippen LogP contribution in [0, 0.1) is 13.8 Å². The first-order valence-corrected chi connectivity index (χ1v) is 20.8. The zero-order valence-electron chi connectivity index (χ0n) is 33.4. The first kappa shape index (κ1) is 40.1. The summed E-state index contributed by atoms with van der Waals surface area (Å²) in [5, 5.41) is 0. The molecular formula is C49H55BrO5. The maximum Gasteiger partial charge on any atom is 0.150 e. The van der Waals surface area contributed by atoms with E-state index in [4.69, 9.17) is 18.9 Å². The average molecular weight is 804 g/mol. The first-order chi connectivity index (χ1) is 26.7. The van der Waals surface area contributed by atoms with Crippen LogP contribution in [0.25, 0.3) is 11.1 Å². The van der Waals surface area contributed by atoms with E-state index in [0.29, 0.717) is 57.7 Å². The number of carbonyl (C=O) groups excluding carboxylic acids is 1. The van der Waals surface area contributed by atoms with E-state index in [0.717, 1.165) is 110 Å². The number of hydrogen-bond acceptors (Lipinski definition) is 5. The summed E-state index contributed by atoms with van der Waals surface area (Å²) in [6.07, 6.45) is 6.78. The molecule has 0 N–H and O–H groups in total. The number of para-hydroxylation sites is 1. The van der Waals surface area contributed by atoms with Crippen LogP contribution in [0.3, 0.4) is 0 Å². The van der Waals surface area contributed by atoms with Crippen LogP contribution in [0.4, 0.5) is 0 Å². The van der Waals surface area contributed by atoms with Crippen LogP contribution in [0.15, 0.2) is 77.3 Å². The topological polar surface area (TPSA) is 54.0 Å². The Balaban J connectivity index is 1.69. The summed E-state index contributed by atoms with van der Waals surface area (Å²) in [5.74, 6) is 3.51. The highest BCUT2D eigenvalue weighted by molar-refractivity contribution is 9.10. The van der Waals surface area contributed by atoms with Gasteiger partial charge in [-0.15, -0.1) is 0 Å². The molecule has 5 aromatic carbocycles. The largest absolute Gasteiger partial charge is 0.493 e. The lowest BCUT2D eigenvalue weighted by molar-refractivity contribution is 0.112. The van der Waals surface area contributed by atoms with Crippen molar-refractivity contribution < 1.29 is 23.7 Å². The highest BCUT2D eigenvalue weighted by Gasteiger charge is 2.24. The number of aldehydes is 1. The van der Waals surface area contributed by atoms with Crippen LogP contribution in [-0.2, 0) is 25.7 Å². The molecule has 0 saturated carbocycles. The molecule has 6 rings (SSSR count). The Morgan fingerprint density at radius 3 is 1.24 bits per heavy atom. The molecule has 1 aliphatic carbocycles. The van der Waals surface area contributed by atoms with Gasteiger partial charge in [0.25, 0.3) is 0 Å². The molecule has 1 aliphatic rings. The molecule has 288 valence electrons. The van der Waals surface area contributed by atoms with Crippen molar-refractivity contribution in [3.05, 3.63) is 138 Å². The van der Waals surface area contributed by atoms with Crippen LogP contribution >= 0.6 is 15.9 Å². The Morgan fingerprint density at radius 1 is 0.491 bits per heavy atom. The fraction of sp³-hybridized carbons (Fsp3) is 0.367. The molecule has 0 unspecified atom stereocenters. The summed E-state index contributed by atoms with van der Waals surface area (Å²) in [4.78, 5) is 12.5. The maximum absolute atomic E-state index is 12.5. The molecule has 6 heteroatoms. The highest BCUT2D eigenvalue weighted by atomic mass is 79.9. The highest BCUT2D eigenvalue weighted by Crippen LogP contribution is 2.42. The number of aryl methyl sites for hydroxylation is 2. The summed E-state index contributed by atoms with van der Waals surface area (Å²) < 4.78 is 27.8. The Morgan fingerprint density at radius 2 is 0.836 bits per heavy atom. The summed E-state index contributed by atoms with van der Waals surface area (Å²) in [7, 11) is 0. The maximum atomic E-state index is 12.5. The minimum Gasteiger partial charge on any atom is -0.493 e. The lowest BCUT2D eigenvalue weighted by Gasteiger charge is -2.24. The third kappa shape index (κ3) is 9.64. The van der Waals surface area contributed by atoms with Gasteiger partial charge in [-0.2, -0.15) is 0 Å². The molecule has 0 aromatic heterocycles. The van der Waals surface area contributed by atoms with E-state index >= 15 is 0 Å². The van der Waals surface area contributed by atoms with E-state index in [-0.39, 0.29) is 0 Å². The molecule has 0 heterocycles. The van der Waals surface area contributed by atoms with E-state index in [1.807, 2.05) is 12.1 Å². The van der Waals surface area contributed by atoms with Gasteiger partial charge in [-0.25, -0.2) is 0 Å². The molecule has 0 aliphatic heterocycles. The number of benzene rings is 5. The van der Waals surface area contributed by atoms with Gasteiger partial charge in [-0.1, -0.05) is 91.1 Å². The first-order valence-electron chi connectivity index (χ1n) is 20.0. The standard InChI is InChI=1S/C49H55BrO5/c1-7-14-52-46-35-12-11-13-36(46)24-41-25-38(37-19-32(5)18-33(6)20-37)26-42(48(41)54-16-9-3)28-44-30-45(50)29-43(49(44)55-17-10-4)27-40-22-34(31-51)21-39(23-35)47(40)53-15-8-2/h11-13,18-22,25-26,29-31H,7-10,14-17,23-24,27-28H2,1-6H3. The van der Waals surface area contributed by atoms with Crippen LogP contribution in [0.5, 0.6) is 23.0 Å². The lowest BCUT2D eigenvalue weighted by atomic mass is 9.88. The molecular weight excluding hydrogens is 748 g/mol. The predicted molar refractivity (Wildman–Crippen MR) is 228 cm³/mol. The molecule has 5 aromatic rings. The van der Waals surface area contributed by atoms with Crippen LogP contribution in [0.2, 0.25) is 0 Å². The summed E-state index contributed by atoms with van der Waals surface area (Å²) in [5.41, 5.74) is 13.9. The second-order valence-electron chi connectivity index (χ2n) is 14.8. The number of hydrogen-bond donors (Lipinski definition) is 0. The average Bonchev–Trinajstić information content (AvgIpc) is 3.15. The van der Waals surface area contributed by atoms with Crippen molar-refractivity contribution in [2.24, 2.45) is 0 Å². The van der Waals surface area contributed by atoms with E-state index in [9.17, 15) is 4.79 Å². The zero-order chi connectivity index (χ0) is 38.9.